The van der Waals surface area contributed by atoms with Crippen molar-refractivity contribution in [1.82, 2.24) is 5.32 Å². The summed E-state index contributed by atoms with van der Waals surface area (Å²) in [6, 6.07) is 8.40. The fourth-order valence-corrected chi connectivity index (χ4v) is 2.11. The average molecular weight is 330 g/mol. The van der Waals surface area contributed by atoms with Crippen molar-refractivity contribution >= 4 is 23.5 Å². The standard InChI is InChI=1S/C17H18N2O5/c1-10(2)14(17(22)23)19-15(20)11-6-3-4-7-12(11)18-16(21)13-8-5-9-24-13/h3-10,14H,1-2H3,(H,18,21)(H,19,20)(H,22,23)/t14-/m0/s1. The van der Waals surface area contributed by atoms with Gasteiger partial charge in [-0.2, -0.15) is 0 Å². The molecular weight excluding hydrogens is 312 g/mol. The first-order valence-corrected chi connectivity index (χ1v) is 7.37. The Labute approximate surface area is 138 Å². The Kier molecular flexibility index (Phi) is 5.36. The Bertz CT molecular complexity index is 737. The second kappa shape index (κ2) is 7.45. The van der Waals surface area contributed by atoms with Crippen molar-refractivity contribution in [3.63, 3.8) is 0 Å². The summed E-state index contributed by atoms with van der Waals surface area (Å²) < 4.78 is 5.01. The van der Waals surface area contributed by atoms with Crippen molar-refractivity contribution < 1.29 is 23.9 Å². The monoisotopic (exact) mass is 330 g/mol. The van der Waals surface area contributed by atoms with Gasteiger partial charge >= 0.3 is 5.97 Å². The summed E-state index contributed by atoms with van der Waals surface area (Å²) in [5.74, 6) is -2.37. The van der Waals surface area contributed by atoms with Crippen molar-refractivity contribution in [2.75, 3.05) is 5.32 Å². The molecule has 1 heterocycles. The highest BCUT2D eigenvalue weighted by Gasteiger charge is 2.25. The molecule has 1 aromatic heterocycles. The van der Waals surface area contributed by atoms with E-state index in [1.165, 1.54) is 18.4 Å². The van der Waals surface area contributed by atoms with Crippen LogP contribution in [0.5, 0.6) is 0 Å². The molecule has 3 N–H and O–H groups in total. The molecular formula is C17H18N2O5. The van der Waals surface area contributed by atoms with Crippen LogP contribution in [0, 0.1) is 5.92 Å². The van der Waals surface area contributed by atoms with Gasteiger partial charge < -0.3 is 20.2 Å². The molecule has 0 fully saturated rings. The van der Waals surface area contributed by atoms with Crippen LogP contribution in [0.3, 0.4) is 0 Å². The minimum absolute atomic E-state index is 0.107. The predicted molar refractivity (Wildman–Crippen MR) is 86.8 cm³/mol. The average Bonchev–Trinajstić information content (AvgIpc) is 3.06. The fraction of sp³-hybridized carbons (Fsp3) is 0.235. The van der Waals surface area contributed by atoms with Crippen LogP contribution in [0.2, 0.25) is 0 Å². The lowest BCUT2D eigenvalue weighted by atomic mass is 10.0. The molecule has 126 valence electrons. The summed E-state index contributed by atoms with van der Waals surface area (Å²) in [5.41, 5.74) is 0.439. The van der Waals surface area contributed by atoms with E-state index in [0.717, 1.165) is 0 Å². The zero-order chi connectivity index (χ0) is 17.7. The molecule has 0 spiro atoms. The molecule has 24 heavy (non-hydrogen) atoms. The highest BCUT2D eigenvalue weighted by molar-refractivity contribution is 6.08. The van der Waals surface area contributed by atoms with Crippen molar-refractivity contribution in [3.8, 4) is 0 Å². The van der Waals surface area contributed by atoms with Crippen LogP contribution in [-0.4, -0.2) is 28.9 Å². The van der Waals surface area contributed by atoms with E-state index in [9.17, 15) is 19.5 Å². The Balaban J connectivity index is 2.20. The van der Waals surface area contributed by atoms with Gasteiger partial charge in [0, 0.05) is 0 Å². The Hall–Kier alpha value is -3.09. The van der Waals surface area contributed by atoms with Crippen LogP contribution in [0.15, 0.2) is 47.1 Å². The maximum atomic E-state index is 12.4. The number of hydrogen-bond donors (Lipinski definition) is 3. The van der Waals surface area contributed by atoms with Crippen molar-refractivity contribution in [2.45, 2.75) is 19.9 Å². The molecule has 0 saturated carbocycles. The third-order valence-corrected chi connectivity index (χ3v) is 3.38. The summed E-state index contributed by atoms with van der Waals surface area (Å²) in [7, 11) is 0. The van der Waals surface area contributed by atoms with Crippen LogP contribution in [0.25, 0.3) is 0 Å². The molecule has 0 bridgehead atoms. The fourth-order valence-electron chi connectivity index (χ4n) is 2.11. The molecule has 7 nitrogen and oxygen atoms in total. The molecule has 0 aliphatic carbocycles. The summed E-state index contributed by atoms with van der Waals surface area (Å²) in [6.07, 6.45) is 1.37. The van der Waals surface area contributed by atoms with Gasteiger partial charge in [-0.25, -0.2) is 4.79 Å². The number of benzene rings is 1. The van der Waals surface area contributed by atoms with Crippen molar-refractivity contribution in [3.05, 3.63) is 54.0 Å². The second-order valence-corrected chi connectivity index (χ2v) is 5.51. The predicted octanol–water partition coefficient (Wildman–Crippen LogP) is 2.37. The largest absolute Gasteiger partial charge is 0.480 e. The highest BCUT2D eigenvalue weighted by atomic mass is 16.4. The molecule has 0 radical (unpaired) electrons. The molecule has 0 aliphatic rings. The number of rotatable bonds is 6. The maximum Gasteiger partial charge on any atom is 0.326 e. The number of anilines is 1. The number of para-hydroxylation sites is 1. The van der Waals surface area contributed by atoms with E-state index in [-0.39, 0.29) is 22.9 Å². The van der Waals surface area contributed by atoms with E-state index in [1.807, 2.05) is 0 Å². The number of hydrogen-bond acceptors (Lipinski definition) is 4. The minimum Gasteiger partial charge on any atom is -0.480 e. The lowest BCUT2D eigenvalue weighted by Crippen LogP contribution is -2.44. The zero-order valence-corrected chi connectivity index (χ0v) is 13.3. The molecule has 2 rings (SSSR count). The van der Waals surface area contributed by atoms with Gasteiger partial charge in [-0.1, -0.05) is 26.0 Å². The Morgan fingerprint density at radius 1 is 1.04 bits per heavy atom. The number of amides is 2. The van der Waals surface area contributed by atoms with E-state index in [4.69, 9.17) is 4.42 Å². The third-order valence-electron chi connectivity index (χ3n) is 3.38. The SMILES string of the molecule is CC(C)[C@H](NC(=O)c1ccccc1NC(=O)c1ccco1)C(=O)O. The summed E-state index contributed by atoms with van der Waals surface area (Å²) in [6.45, 7) is 3.40. The third kappa shape index (κ3) is 4.01. The van der Waals surface area contributed by atoms with E-state index >= 15 is 0 Å². The van der Waals surface area contributed by atoms with Crippen LogP contribution < -0.4 is 10.6 Å². The number of carboxylic acids is 1. The van der Waals surface area contributed by atoms with Gasteiger partial charge in [-0.3, -0.25) is 9.59 Å². The maximum absolute atomic E-state index is 12.4. The van der Waals surface area contributed by atoms with Crippen molar-refractivity contribution in [1.29, 1.82) is 0 Å². The number of aliphatic carboxylic acids is 1. The minimum atomic E-state index is -1.12. The van der Waals surface area contributed by atoms with Gasteiger partial charge in [0.15, 0.2) is 5.76 Å². The van der Waals surface area contributed by atoms with Gasteiger partial charge in [0.25, 0.3) is 11.8 Å². The molecule has 0 aliphatic heterocycles. The van der Waals surface area contributed by atoms with Crippen LogP contribution in [0.4, 0.5) is 5.69 Å². The zero-order valence-electron chi connectivity index (χ0n) is 13.3. The molecule has 7 heteroatoms. The van der Waals surface area contributed by atoms with Crippen molar-refractivity contribution in [2.24, 2.45) is 5.92 Å². The quantitative estimate of drug-likeness (QED) is 0.753. The number of furan rings is 1. The number of carbonyl (C=O) groups excluding carboxylic acids is 2. The molecule has 2 amide bonds. The normalized spacial score (nSPS) is 11.8. The Morgan fingerprint density at radius 2 is 1.75 bits per heavy atom. The highest BCUT2D eigenvalue weighted by Crippen LogP contribution is 2.17. The summed E-state index contributed by atoms with van der Waals surface area (Å²) >= 11 is 0. The molecule has 0 unspecified atom stereocenters. The van der Waals surface area contributed by atoms with Crippen LogP contribution >= 0.6 is 0 Å². The van der Waals surface area contributed by atoms with Gasteiger partial charge in [0.2, 0.25) is 0 Å². The van der Waals surface area contributed by atoms with Gasteiger partial charge in [0.1, 0.15) is 6.04 Å². The number of carbonyl (C=O) groups is 3. The molecule has 0 saturated heterocycles. The first-order chi connectivity index (χ1) is 11.4. The number of nitrogens with one attached hydrogen (secondary N) is 2. The van der Waals surface area contributed by atoms with Gasteiger partial charge in [-0.05, 0) is 30.2 Å². The van der Waals surface area contributed by atoms with E-state index < -0.39 is 23.8 Å². The topological polar surface area (TPSA) is 109 Å². The molecule has 1 atom stereocenters. The van der Waals surface area contributed by atoms with Gasteiger partial charge in [0.05, 0.1) is 17.5 Å². The first-order valence-electron chi connectivity index (χ1n) is 7.37. The Morgan fingerprint density at radius 3 is 2.33 bits per heavy atom. The lowest BCUT2D eigenvalue weighted by Gasteiger charge is -2.19. The van der Waals surface area contributed by atoms with Crippen LogP contribution in [0.1, 0.15) is 34.8 Å². The summed E-state index contributed by atoms with van der Waals surface area (Å²) in [5, 5.41) is 14.2. The summed E-state index contributed by atoms with van der Waals surface area (Å²) in [4.78, 5) is 35.7. The second-order valence-electron chi connectivity index (χ2n) is 5.51. The lowest BCUT2D eigenvalue weighted by molar-refractivity contribution is -0.140. The number of carboxylic acid groups (broad SMARTS) is 1. The van der Waals surface area contributed by atoms with E-state index in [2.05, 4.69) is 10.6 Å². The van der Waals surface area contributed by atoms with E-state index in [0.29, 0.717) is 0 Å². The smallest absolute Gasteiger partial charge is 0.326 e. The van der Waals surface area contributed by atoms with Gasteiger partial charge in [-0.15, -0.1) is 0 Å². The van der Waals surface area contributed by atoms with Crippen LogP contribution in [-0.2, 0) is 4.79 Å². The molecule has 1 aromatic carbocycles. The van der Waals surface area contributed by atoms with E-state index in [1.54, 1.807) is 38.1 Å². The molecule has 2 aromatic rings. The first kappa shape index (κ1) is 17.3.